The SMILES string of the molecule is O=C(CCN1CCSC1=O)Nc1ccccc1C(=O)NCc1ccco1. The van der Waals surface area contributed by atoms with Gasteiger partial charge in [0.15, 0.2) is 0 Å². The smallest absolute Gasteiger partial charge is 0.281 e. The third-order valence-electron chi connectivity index (χ3n) is 3.90. The Labute approximate surface area is 155 Å². The van der Waals surface area contributed by atoms with Crippen LogP contribution in [0.25, 0.3) is 0 Å². The molecule has 1 aromatic heterocycles. The summed E-state index contributed by atoms with van der Waals surface area (Å²) in [6, 6.07) is 10.3. The number of hydrogen-bond acceptors (Lipinski definition) is 5. The molecule has 2 heterocycles. The van der Waals surface area contributed by atoms with Crippen LogP contribution in [0, 0.1) is 0 Å². The number of carbonyl (C=O) groups is 3. The lowest BCUT2D eigenvalue weighted by atomic mass is 10.1. The van der Waals surface area contributed by atoms with Crippen molar-refractivity contribution >= 4 is 34.5 Å². The Hall–Kier alpha value is -2.74. The van der Waals surface area contributed by atoms with Crippen molar-refractivity contribution in [2.45, 2.75) is 13.0 Å². The Bertz CT molecular complexity index is 791. The minimum Gasteiger partial charge on any atom is -0.467 e. The zero-order chi connectivity index (χ0) is 18.4. The van der Waals surface area contributed by atoms with Crippen molar-refractivity contribution in [3.05, 3.63) is 54.0 Å². The quantitative estimate of drug-likeness (QED) is 0.779. The van der Waals surface area contributed by atoms with E-state index in [0.29, 0.717) is 30.1 Å². The first-order valence-corrected chi connectivity index (χ1v) is 9.23. The number of carbonyl (C=O) groups excluding carboxylic acids is 3. The summed E-state index contributed by atoms with van der Waals surface area (Å²) in [5.41, 5.74) is 0.816. The first kappa shape index (κ1) is 18.1. The largest absolute Gasteiger partial charge is 0.467 e. The molecule has 8 heteroatoms. The van der Waals surface area contributed by atoms with E-state index in [-0.39, 0.29) is 30.0 Å². The van der Waals surface area contributed by atoms with E-state index in [1.165, 1.54) is 11.8 Å². The van der Waals surface area contributed by atoms with Gasteiger partial charge in [-0.05, 0) is 24.3 Å². The lowest BCUT2D eigenvalue weighted by molar-refractivity contribution is -0.116. The standard InChI is InChI=1S/C18H19N3O4S/c22-16(7-8-21-9-11-26-18(21)24)20-15-6-2-1-5-14(15)17(23)19-12-13-4-3-10-25-13/h1-6,10H,7-9,11-12H2,(H,19,23)(H,20,22). The summed E-state index contributed by atoms with van der Waals surface area (Å²) in [7, 11) is 0. The fourth-order valence-corrected chi connectivity index (χ4v) is 3.40. The Balaban J connectivity index is 1.56. The molecule has 0 unspecified atom stereocenters. The van der Waals surface area contributed by atoms with E-state index in [1.807, 2.05) is 0 Å². The van der Waals surface area contributed by atoms with Crippen molar-refractivity contribution in [3.8, 4) is 0 Å². The summed E-state index contributed by atoms with van der Waals surface area (Å²) >= 11 is 1.27. The van der Waals surface area contributed by atoms with Crippen molar-refractivity contribution in [2.75, 3.05) is 24.2 Å². The van der Waals surface area contributed by atoms with Gasteiger partial charge in [-0.3, -0.25) is 14.4 Å². The van der Waals surface area contributed by atoms with Crippen LogP contribution in [0.5, 0.6) is 0 Å². The van der Waals surface area contributed by atoms with Gasteiger partial charge < -0.3 is 20.0 Å². The van der Waals surface area contributed by atoms with Crippen LogP contribution in [0.15, 0.2) is 47.1 Å². The van der Waals surface area contributed by atoms with Crippen molar-refractivity contribution in [2.24, 2.45) is 0 Å². The van der Waals surface area contributed by atoms with Gasteiger partial charge in [0.05, 0.1) is 24.1 Å². The maximum absolute atomic E-state index is 12.4. The molecule has 0 aliphatic carbocycles. The fraction of sp³-hybridized carbons (Fsp3) is 0.278. The molecule has 7 nitrogen and oxygen atoms in total. The molecule has 0 radical (unpaired) electrons. The summed E-state index contributed by atoms with van der Waals surface area (Å²) < 4.78 is 5.19. The zero-order valence-electron chi connectivity index (χ0n) is 14.1. The van der Waals surface area contributed by atoms with Gasteiger partial charge in [-0.2, -0.15) is 0 Å². The molecular weight excluding hydrogens is 354 g/mol. The number of hydrogen-bond donors (Lipinski definition) is 2. The van der Waals surface area contributed by atoms with Crippen molar-refractivity contribution in [3.63, 3.8) is 0 Å². The highest BCUT2D eigenvalue weighted by atomic mass is 32.2. The zero-order valence-corrected chi connectivity index (χ0v) is 14.9. The molecule has 26 heavy (non-hydrogen) atoms. The second-order valence-electron chi connectivity index (χ2n) is 5.71. The molecule has 3 rings (SSSR count). The summed E-state index contributed by atoms with van der Waals surface area (Å²) in [5.74, 6) is 0.872. The monoisotopic (exact) mass is 373 g/mol. The molecule has 1 fully saturated rings. The van der Waals surface area contributed by atoms with Gasteiger partial charge in [0, 0.05) is 25.3 Å². The van der Waals surface area contributed by atoms with Gasteiger partial charge in [-0.25, -0.2) is 0 Å². The van der Waals surface area contributed by atoms with Gasteiger partial charge in [0.25, 0.3) is 11.1 Å². The number of anilines is 1. The highest BCUT2D eigenvalue weighted by molar-refractivity contribution is 8.13. The van der Waals surface area contributed by atoms with Gasteiger partial charge >= 0.3 is 0 Å². The number of nitrogens with one attached hydrogen (secondary N) is 2. The third kappa shape index (κ3) is 4.66. The van der Waals surface area contributed by atoms with Crippen LogP contribution in [0.4, 0.5) is 10.5 Å². The Morgan fingerprint density at radius 3 is 2.77 bits per heavy atom. The first-order valence-electron chi connectivity index (χ1n) is 8.24. The number of thioether (sulfide) groups is 1. The molecule has 1 aliphatic heterocycles. The summed E-state index contributed by atoms with van der Waals surface area (Å²) in [5, 5.41) is 5.52. The molecule has 3 amide bonds. The van der Waals surface area contributed by atoms with Crippen LogP contribution < -0.4 is 10.6 Å². The van der Waals surface area contributed by atoms with Crippen LogP contribution in [-0.4, -0.2) is 40.8 Å². The van der Waals surface area contributed by atoms with Crippen LogP contribution >= 0.6 is 11.8 Å². The van der Waals surface area contributed by atoms with Crippen molar-refractivity contribution < 1.29 is 18.8 Å². The van der Waals surface area contributed by atoms with E-state index < -0.39 is 0 Å². The molecule has 136 valence electrons. The highest BCUT2D eigenvalue weighted by Crippen LogP contribution is 2.18. The Kier molecular flexibility index (Phi) is 5.96. The average Bonchev–Trinajstić information content (AvgIpc) is 3.30. The normalized spacial score (nSPS) is 13.7. The topological polar surface area (TPSA) is 91.7 Å². The van der Waals surface area contributed by atoms with Crippen LogP contribution in [0.1, 0.15) is 22.5 Å². The molecular formula is C18H19N3O4S. The predicted molar refractivity (Wildman–Crippen MR) is 99.0 cm³/mol. The first-order chi connectivity index (χ1) is 12.6. The van der Waals surface area contributed by atoms with Crippen LogP contribution in [-0.2, 0) is 11.3 Å². The highest BCUT2D eigenvalue weighted by Gasteiger charge is 2.21. The van der Waals surface area contributed by atoms with Gasteiger partial charge in [-0.15, -0.1) is 0 Å². The van der Waals surface area contributed by atoms with E-state index in [1.54, 1.807) is 47.6 Å². The third-order valence-corrected chi connectivity index (χ3v) is 4.79. The molecule has 1 aromatic carbocycles. The summed E-state index contributed by atoms with van der Waals surface area (Å²) in [6.07, 6.45) is 1.73. The summed E-state index contributed by atoms with van der Waals surface area (Å²) in [4.78, 5) is 37.8. The number of para-hydroxylation sites is 1. The van der Waals surface area contributed by atoms with E-state index in [0.717, 1.165) is 5.75 Å². The molecule has 0 bridgehead atoms. The van der Waals surface area contributed by atoms with Crippen LogP contribution in [0.3, 0.4) is 0 Å². The second-order valence-corrected chi connectivity index (χ2v) is 6.75. The molecule has 0 spiro atoms. The molecule has 0 saturated carbocycles. The lowest BCUT2D eigenvalue weighted by Gasteiger charge is -2.15. The Morgan fingerprint density at radius 1 is 1.19 bits per heavy atom. The number of furan rings is 1. The van der Waals surface area contributed by atoms with Crippen molar-refractivity contribution in [1.82, 2.24) is 10.2 Å². The molecule has 2 N–H and O–H groups in total. The second kappa shape index (κ2) is 8.57. The van der Waals surface area contributed by atoms with Gasteiger partial charge in [0.2, 0.25) is 5.91 Å². The van der Waals surface area contributed by atoms with Crippen molar-refractivity contribution in [1.29, 1.82) is 0 Å². The number of amides is 3. The van der Waals surface area contributed by atoms with E-state index in [9.17, 15) is 14.4 Å². The number of benzene rings is 1. The molecule has 1 saturated heterocycles. The number of rotatable bonds is 7. The Morgan fingerprint density at radius 2 is 2.04 bits per heavy atom. The number of nitrogens with zero attached hydrogens (tertiary/aromatic N) is 1. The molecule has 1 aliphatic rings. The van der Waals surface area contributed by atoms with E-state index in [4.69, 9.17) is 4.42 Å². The minimum absolute atomic E-state index is 0.00973. The maximum Gasteiger partial charge on any atom is 0.281 e. The fourth-order valence-electron chi connectivity index (χ4n) is 2.54. The predicted octanol–water partition coefficient (Wildman–Crippen LogP) is 2.71. The lowest BCUT2D eigenvalue weighted by Crippen LogP contribution is -2.28. The van der Waals surface area contributed by atoms with Gasteiger partial charge in [0.1, 0.15) is 5.76 Å². The minimum atomic E-state index is -0.302. The van der Waals surface area contributed by atoms with E-state index >= 15 is 0 Å². The van der Waals surface area contributed by atoms with E-state index in [2.05, 4.69) is 10.6 Å². The molecule has 2 aromatic rings. The van der Waals surface area contributed by atoms with Gasteiger partial charge in [-0.1, -0.05) is 23.9 Å². The van der Waals surface area contributed by atoms with Crippen LogP contribution in [0.2, 0.25) is 0 Å². The maximum atomic E-state index is 12.4. The summed E-state index contributed by atoms with van der Waals surface area (Å²) in [6.45, 7) is 1.32. The molecule has 0 atom stereocenters. The average molecular weight is 373 g/mol.